The van der Waals surface area contributed by atoms with Gasteiger partial charge in [-0.1, -0.05) is 36.4 Å². The third kappa shape index (κ3) is 5.74. The summed E-state index contributed by atoms with van der Waals surface area (Å²) in [6, 6.07) is 11.8. The monoisotopic (exact) mass is 500 g/mol. The third-order valence-corrected chi connectivity index (χ3v) is 6.86. The van der Waals surface area contributed by atoms with Gasteiger partial charge in [0.2, 0.25) is 0 Å². The van der Waals surface area contributed by atoms with Crippen LogP contribution in [0.2, 0.25) is 0 Å². The molecule has 0 aliphatic heterocycles. The topological polar surface area (TPSA) is 85.5 Å². The molecule has 2 aliphatic rings. The summed E-state index contributed by atoms with van der Waals surface area (Å²) in [5.74, 6) is 0.0640. The highest BCUT2D eigenvalue weighted by Gasteiger charge is 2.46. The van der Waals surface area contributed by atoms with Gasteiger partial charge in [0, 0.05) is 31.2 Å². The molecule has 2 aromatic heterocycles. The number of rotatable bonds is 11. The van der Waals surface area contributed by atoms with Crippen LogP contribution in [0.3, 0.4) is 0 Å². The van der Waals surface area contributed by atoms with Gasteiger partial charge in [0.25, 0.3) is 0 Å². The van der Waals surface area contributed by atoms with Gasteiger partial charge in [-0.25, -0.2) is 9.78 Å². The van der Waals surface area contributed by atoms with Gasteiger partial charge in [0.1, 0.15) is 12.3 Å². The summed E-state index contributed by atoms with van der Waals surface area (Å²) in [5.41, 5.74) is 5.37. The smallest absolute Gasteiger partial charge is 0.335 e. The van der Waals surface area contributed by atoms with Gasteiger partial charge in [0.15, 0.2) is 0 Å². The van der Waals surface area contributed by atoms with E-state index in [4.69, 9.17) is 14.5 Å². The van der Waals surface area contributed by atoms with Crippen LogP contribution >= 0.6 is 0 Å². The number of pyridine rings is 1. The van der Waals surface area contributed by atoms with Crippen molar-refractivity contribution in [2.75, 3.05) is 6.61 Å². The molecule has 192 valence electrons. The number of ether oxygens (including phenoxy) is 2. The lowest BCUT2D eigenvalue weighted by molar-refractivity contribution is -0.144. The van der Waals surface area contributed by atoms with E-state index in [1.807, 2.05) is 43.5 Å². The van der Waals surface area contributed by atoms with Crippen LogP contribution in [0, 0.1) is 5.92 Å². The van der Waals surface area contributed by atoms with Crippen molar-refractivity contribution in [3.63, 3.8) is 0 Å². The second kappa shape index (κ2) is 10.6. The molecular weight excluding hydrogens is 468 g/mol. The molecule has 0 amide bonds. The summed E-state index contributed by atoms with van der Waals surface area (Å²) in [7, 11) is 0. The first-order valence-electron chi connectivity index (χ1n) is 12.8. The van der Waals surface area contributed by atoms with Crippen molar-refractivity contribution in [1.82, 2.24) is 14.4 Å². The Labute approximate surface area is 216 Å². The maximum Gasteiger partial charge on any atom is 0.335 e. The van der Waals surface area contributed by atoms with Crippen LogP contribution in [0.25, 0.3) is 5.65 Å². The van der Waals surface area contributed by atoms with Crippen LogP contribution < -0.4 is 0 Å². The number of hydrogen-bond donors (Lipinski definition) is 0. The van der Waals surface area contributed by atoms with Crippen LogP contribution in [-0.2, 0) is 32.2 Å². The number of carbonyl (C=O) groups excluding carboxylic acids is 2. The molecule has 2 aliphatic carbocycles. The van der Waals surface area contributed by atoms with Gasteiger partial charge in [0.05, 0.1) is 30.3 Å². The number of fused-ring (bicyclic) bond motifs is 1. The van der Waals surface area contributed by atoms with Crippen molar-refractivity contribution in [2.45, 2.75) is 58.1 Å². The van der Waals surface area contributed by atoms with Gasteiger partial charge in [-0.15, -0.1) is 0 Å². The van der Waals surface area contributed by atoms with Crippen molar-refractivity contribution >= 4 is 24.3 Å². The SMILES string of the molecule is C=NN(/C=C(\C)C(=O)OCc1ccccc1)Cc1cn2cc(C3CC3)cc(C3CC3C(=O)OCC)c2n1. The van der Waals surface area contributed by atoms with E-state index in [1.54, 1.807) is 18.1 Å². The van der Waals surface area contributed by atoms with E-state index in [2.05, 4.69) is 28.5 Å². The first-order chi connectivity index (χ1) is 18.0. The molecule has 0 radical (unpaired) electrons. The van der Waals surface area contributed by atoms with E-state index in [1.165, 1.54) is 18.4 Å². The minimum absolute atomic E-state index is 0.0998. The zero-order valence-corrected chi connectivity index (χ0v) is 21.3. The van der Waals surface area contributed by atoms with E-state index in [-0.39, 0.29) is 24.4 Å². The summed E-state index contributed by atoms with van der Waals surface area (Å²) in [4.78, 5) is 29.7. The number of aromatic nitrogens is 2. The van der Waals surface area contributed by atoms with Gasteiger partial charge in [-0.05, 0) is 55.7 Å². The zero-order valence-electron chi connectivity index (χ0n) is 21.3. The number of carbonyl (C=O) groups is 2. The molecule has 37 heavy (non-hydrogen) atoms. The summed E-state index contributed by atoms with van der Waals surface area (Å²) in [6.07, 6.45) is 8.93. The lowest BCUT2D eigenvalue weighted by atomic mass is 10.1. The zero-order chi connectivity index (χ0) is 25.9. The van der Waals surface area contributed by atoms with Gasteiger partial charge in [-0.3, -0.25) is 9.80 Å². The number of imidazole rings is 1. The number of hydrazone groups is 1. The predicted molar refractivity (Wildman–Crippen MR) is 140 cm³/mol. The standard InChI is InChI=1S/C29H32N4O4/c1-4-36-29(35)26-13-24(26)25-12-22(21-10-11-21)15-32-16-23(31-27(25)32)17-33(30-3)14-19(2)28(34)37-18-20-8-6-5-7-9-20/h5-9,12,14-16,21,24,26H,3-4,10-11,13,17-18H2,1-2H3/b19-14+. The minimum Gasteiger partial charge on any atom is -0.466 e. The van der Waals surface area contributed by atoms with Crippen LogP contribution in [0.4, 0.5) is 0 Å². The fourth-order valence-electron chi connectivity index (χ4n) is 4.65. The number of nitrogens with zero attached hydrogens (tertiary/aromatic N) is 4. The van der Waals surface area contributed by atoms with Gasteiger partial charge in [-0.2, -0.15) is 5.10 Å². The van der Waals surface area contributed by atoms with Crippen molar-refractivity contribution in [2.24, 2.45) is 11.0 Å². The molecule has 0 spiro atoms. The molecule has 2 atom stereocenters. The van der Waals surface area contributed by atoms with Crippen LogP contribution in [-0.4, -0.2) is 39.7 Å². The van der Waals surface area contributed by atoms with E-state index in [0.717, 1.165) is 28.9 Å². The molecule has 2 saturated carbocycles. The normalized spacial score (nSPS) is 18.9. The minimum atomic E-state index is -0.414. The molecule has 1 aromatic carbocycles. The fraction of sp³-hybridized carbons (Fsp3) is 0.379. The molecule has 2 heterocycles. The molecule has 8 heteroatoms. The molecular formula is C29H32N4O4. The van der Waals surface area contributed by atoms with Crippen LogP contribution in [0.1, 0.15) is 67.3 Å². The molecule has 0 bridgehead atoms. The van der Waals surface area contributed by atoms with Crippen LogP contribution in [0.15, 0.2) is 65.7 Å². The van der Waals surface area contributed by atoms with Gasteiger partial charge < -0.3 is 13.9 Å². The molecule has 8 nitrogen and oxygen atoms in total. The molecule has 2 unspecified atom stereocenters. The van der Waals surface area contributed by atoms with Crippen molar-refractivity contribution in [3.8, 4) is 0 Å². The second-order valence-electron chi connectivity index (χ2n) is 9.78. The van der Waals surface area contributed by atoms with E-state index in [9.17, 15) is 9.59 Å². The Balaban J connectivity index is 1.32. The quantitative estimate of drug-likeness (QED) is 0.160. The Morgan fingerprint density at radius 2 is 2.00 bits per heavy atom. The van der Waals surface area contributed by atoms with Crippen molar-refractivity contribution in [3.05, 3.63) is 82.9 Å². The highest BCUT2D eigenvalue weighted by molar-refractivity contribution is 5.87. The summed E-state index contributed by atoms with van der Waals surface area (Å²) < 4.78 is 12.7. The van der Waals surface area contributed by atoms with E-state index < -0.39 is 5.97 Å². The summed E-state index contributed by atoms with van der Waals surface area (Å²) >= 11 is 0. The Kier molecular flexibility index (Phi) is 7.08. The Hall–Kier alpha value is -3.94. The third-order valence-electron chi connectivity index (χ3n) is 6.86. The molecule has 2 fully saturated rings. The number of hydrogen-bond acceptors (Lipinski definition) is 7. The number of esters is 2. The average Bonchev–Trinajstić information content (AvgIpc) is 3.83. The predicted octanol–water partition coefficient (Wildman–Crippen LogP) is 4.94. The fourth-order valence-corrected chi connectivity index (χ4v) is 4.65. The first-order valence-corrected chi connectivity index (χ1v) is 12.8. The van der Waals surface area contributed by atoms with E-state index in [0.29, 0.717) is 24.6 Å². The lowest BCUT2D eigenvalue weighted by Crippen LogP contribution is -2.14. The molecule has 0 N–H and O–H groups in total. The molecule has 0 saturated heterocycles. The van der Waals surface area contributed by atoms with E-state index >= 15 is 0 Å². The number of benzene rings is 1. The maximum atomic E-state index is 12.5. The molecule has 5 rings (SSSR count). The first kappa shape index (κ1) is 24.7. The molecule has 3 aromatic rings. The Morgan fingerprint density at radius 3 is 2.70 bits per heavy atom. The summed E-state index contributed by atoms with van der Waals surface area (Å²) in [5, 5.41) is 5.65. The highest BCUT2D eigenvalue weighted by Crippen LogP contribution is 2.51. The lowest BCUT2D eigenvalue weighted by Gasteiger charge is -2.13. The highest BCUT2D eigenvalue weighted by atomic mass is 16.5. The van der Waals surface area contributed by atoms with Crippen molar-refractivity contribution < 1.29 is 19.1 Å². The maximum absolute atomic E-state index is 12.5. The van der Waals surface area contributed by atoms with Crippen LogP contribution in [0.5, 0.6) is 0 Å². The summed E-state index contributed by atoms with van der Waals surface area (Å²) in [6.45, 7) is 8.13. The average molecular weight is 501 g/mol. The Morgan fingerprint density at radius 1 is 1.22 bits per heavy atom. The van der Waals surface area contributed by atoms with Gasteiger partial charge >= 0.3 is 11.9 Å². The Bertz CT molecular complexity index is 1340. The van der Waals surface area contributed by atoms with Crippen molar-refractivity contribution in [1.29, 1.82) is 0 Å². The largest absolute Gasteiger partial charge is 0.466 e. The second-order valence-corrected chi connectivity index (χ2v) is 9.78.